The van der Waals surface area contributed by atoms with Crippen molar-refractivity contribution in [1.82, 2.24) is 0 Å². The molecule has 0 radical (unpaired) electrons. The van der Waals surface area contributed by atoms with E-state index in [4.69, 9.17) is 9.47 Å². The molecule has 0 saturated carbocycles. The standard InChI is InChI=1S/C66H128O5/c1-3-5-7-9-11-13-15-17-19-21-23-24-25-26-27-28-29-30-31-32-33-34-35-36-37-38-39-40-41-43-44-46-48-50-52-54-56-58-60-65(68)70-63-64(62-67)71-66(69)61-59-57-55-53-51-49-47-45-42-22-20-18-16-14-12-10-8-6-4-2/h18,20,64,67H,3-17,19,21-63H2,1-2H3/b20-18-. The van der Waals surface area contributed by atoms with Crippen LogP contribution in [0.2, 0.25) is 0 Å². The minimum absolute atomic E-state index is 0.0592. The predicted octanol–water partition coefficient (Wildman–Crippen LogP) is 22.3. The molecule has 422 valence electrons. The zero-order chi connectivity index (χ0) is 51.3. The summed E-state index contributed by atoms with van der Waals surface area (Å²) in [6.45, 7) is 4.20. The molecule has 0 saturated heterocycles. The van der Waals surface area contributed by atoms with Crippen LogP contribution in [-0.2, 0) is 19.1 Å². The fraction of sp³-hybridized carbons (Fsp3) is 0.939. The summed E-state index contributed by atoms with van der Waals surface area (Å²) in [4.78, 5) is 24.5. The number of aliphatic hydroxyl groups excluding tert-OH is 1. The number of hydrogen-bond acceptors (Lipinski definition) is 5. The number of carbonyl (C=O) groups excluding carboxylic acids is 2. The molecule has 0 spiro atoms. The number of ether oxygens (including phenoxy) is 2. The first-order chi connectivity index (χ1) is 35.1. The van der Waals surface area contributed by atoms with Gasteiger partial charge in [-0.05, 0) is 38.5 Å². The molecule has 5 nitrogen and oxygen atoms in total. The smallest absolute Gasteiger partial charge is 0.306 e. The van der Waals surface area contributed by atoms with Gasteiger partial charge in [0.2, 0.25) is 0 Å². The average molecular weight is 1000 g/mol. The van der Waals surface area contributed by atoms with Crippen LogP contribution >= 0.6 is 0 Å². The normalized spacial score (nSPS) is 12.1. The Bertz CT molecular complexity index is 1040. The molecule has 0 aromatic carbocycles. The molecule has 0 aromatic heterocycles. The van der Waals surface area contributed by atoms with Crippen molar-refractivity contribution in [2.75, 3.05) is 13.2 Å². The predicted molar refractivity (Wildman–Crippen MR) is 312 cm³/mol. The van der Waals surface area contributed by atoms with Crippen molar-refractivity contribution in [1.29, 1.82) is 0 Å². The summed E-state index contributed by atoms with van der Waals surface area (Å²) in [7, 11) is 0. The van der Waals surface area contributed by atoms with E-state index < -0.39 is 6.10 Å². The third kappa shape index (κ3) is 61.1. The van der Waals surface area contributed by atoms with E-state index in [2.05, 4.69) is 26.0 Å². The highest BCUT2D eigenvalue weighted by Crippen LogP contribution is 2.19. The summed E-state index contributed by atoms with van der Waals surface area (Å²) in [5, 5.41) is 9.66. The maximum Gasteiger partial charge on any atom is 0.306 e. The highest BCUT2D eigenvalue weighted by Gasteiger charge is 2.16. The molecule has 0 heterocycles. The average Bonchev–Trinajstić information content (AvgIpc) is 3.37. The van der Waals surface area contributed by atoms with Gasteiger partial charge in [0.05, 0.1) is 6.61 Å². The molecule has 0 aliphatic heterocycles. The molecular weight excluding hydrogens is 873 g/mol. The molecule has 0 amide bonds. The first-order valence-electron chi connectivity index (χ1n) is 32.7. The Labute approximate surface area is 445 Å². The maximum absolute atomic E-state index is 12.3. The lowest BCUT2D eigenvalue weighted by Crippen LogP contribution is -2.28. The molecule has 0 rings (SSSR count). The van der Waals surface area contributed by atoms with Gasteiger partial charge in [-0.25, -0.2) is 0 Å². The van der Waals surface area contributed by atoms with Crippen molar-refractivity contribution >= 4 is 11.9 Å². The summed E-state index contributed by atoms with van der Waals surface area (Å²) in [5.41, 5.74) is 0. The van der Waals surface area contributed by atoms with E-state index in [1.807, 2.05) is 0 Å². The third-order valence-electron chi connectivity index (χ3n) is 15.3. The number of aliphatic hydroxyl groups is 1. The van der Waals surface area contributed by atoms with Crippen LogP contribution in [-0.4, -0.2) is 36.4 Å². The fourth-order valence-corrected chi connectivity index (χ4v) is 10.4. The van der Waals surface area contributed by atoms with Crippen LogP contribution in [0.1, 0.15) is 380 Å². The lowest BCUT2D eigenvalue weighted by molar-refractivity contribution is -0.161. The van der Waals surface area contributed by atoms with Gasteiger partial charge in [-0.2, -0.15) is 0 Å². The number of rotatable bonds is 62. The van der Waals surface area contributed by atoms with E-state index in [1.165, 1.54) is 321 Å². The van der Waals surface area contributed by atoms with Crippen LogP contribution < -0.4 is 0 Å². The van der Waals surface area contributed by atoms with Crippen LogP contribution in [0.25, 0.3) is 0 Å². The Morgan fingerprint density at radius 2 is 0.521 bits per heavy atom. The minimum Gasteiger partial charge on any atom is -0.462 e. The highest BCUT2D eigenvalue weighted by atomic mass is 16.6. The lowest BCUT2D eigenvalue weighted by Gasteiger charge is -2.15. The molecule has 1 unspecified atom stereocenters. The van der Waals surface area contributed by atoms with Crippen LogP contribution in [0.4, 0.5) is 0 Å². The third-order valence-corrected chi connectivity index (χ3v) is 15.3. The first kappa shape index (κ1) is 69.6. The quantitative estimate of drug-likeness (QED) is 0.0373. The van der Waals surface area contributed by atoms with Gasteiger partial charge < -0.3 is 14.6 Å². The zero-order valence-corrected chi connectivity index (χ0v) is 48.5. The van der Waals surface area contributed by atoms with Gasteiger partial charge in [0, 0.05) is 12.8 Å². The summed E-state index contributed by atoms with van der Waals surface area (Å²) < 4.78 is 10.7. The summed E-state index contributed by atoms with van der Waals surface area (Å²) in [5.74, 6) is -0.570. The molecule has 0 aromatic rings. The highest BCUT2D eigenvalue weighted by molar-refractivity contribution is 5.70. The number of esters is 2. The van der Waals surface area contributed by atoms with Gasteiger partial charge in [-0.15, -0.1) is 0 Å². The van der Waals surface area contributed by atoms with E-state index in [9.17, 15) is 14.7 Å². The molecule has 0 aliphatic rings. The lowest BCUT2D eigenvalue weighted by atomic mass is 10.0. The van der Waals surface area contributed by atoms with E-state index in [-0.39, 0.29) is 25.2 Å². The van der Waals surface area contributed by atoms with Crippen molar-refractivity contribution in [3.05, 3.63) is 12.2 Å². The Hall–Kier alpha value is -1.36. The number of hydrogen-bond donors (Lipinski definition) is 1. The van der Waals surface area contributed by atoms with Crippen LogP contribution in [0.3, 0.4) is 0 Å². The molecule has 0 aliphatic carbocycles. The second-order valence-corrected chi connectivity index (χ2v) is 22.6. The van der Waals surface area contributed by atoms with Gasteiger partial charge in [0.15, 0.2) is 6.10 Å². The SMILES string of the molecule is CCCCCCCC/C=C\CCCCCCCCCCCC(=O)OC(CO)COC(=O)CCCCCCCCCCCCCCCCCCCCCCCCCCCCCCCCCCCCCCCC. The molecular formula is C66H128O5. The van der Waals surface area contributed by atoms with Crippen LogP contribution in [0.5, 0.6) is 0 Å². The topological polar surface area (TPSA) is 72.8 Å². The Morgan fingerprint density at radius 1 is 0.310 bits per heavy atom. The van der Waals surface area contributed by atoms with E-state index >= 15 is 0 Å². The first-order valence-corrected chi connectivity index (χ1v) is 32.7. The number of carbonyl (C=O) groups is 2. The molecule has 71 heavy (non-hydrogen) atoms. The van der Waals surface area contributed by atoms with Crippen LogP contribution in [0.15, 0.2) is 12.2 Å². The van der Waals surface area contributed by atoms with E-state index in [0.717, 1.165) is 32.1 Å². The molecule has 0 bridgehead atoms. The Kier molecular flexibility index (Phi) is 61.7. The summed E-state index contributed by atoms with van der Waals surface area (Å²) in [6.07, 6.45) is 79.6. The molecule has 0 fully saturated rings. The van der Waals surface area contributed by atoms with Gasteiger partial charge in [0.1, 0.15) is 6.61 Å². The minimum atomic E-state index is -0.769. The van der Waals surface area contributed by atoms with Crippen molar-refractivity contribution in [3.8, 4) is 0 Å². The van der Waals surface area contributed by atoms with E-state index in [0.29, 0.717) is 12.8 Å². The van der Waals surface area contributed by atoms with Crippen molar-refractivity contribution in [2.24, 2.45) is 0 Å². The zero-order valence-electron chi connectivity index (χ0n) is 48.5. The second kappa shape index (κ2) is 62.9. The van der Waals surface area contributed by atoms with Gasteiger partial charge in [0.25, 0.3) is 0 Å². The van der Waals surface area contributed by atoms with Gasteiger partial charge in [-0.3, -0.25) is 9.59 Å². The Balaban J connectivity index is 3.34. The van der Waals surface area contributed by atoms with Crippen LogP contribution in [0, 0.1) is 0 Å². The maximum atomic E-state index is 12.3. The van der Waals surface area contributed by atoms with Gasteiger partial charge in [-0.1, -0.05) is 341 Å². The summed E-state index contributed by atoms with van der Waals surface area (Å²) >= 11 is 0. The molecule has 1 atom stereocenters. The van der Waals surface area contributed by atoms with Crippen molar-refractivity contribution in [3.63, 3.8) is 0 Å². The number of allylic oxidation sites excluding steroid dienone is 2. The van der Waals surface area contributed by atoms with Gasteiger partial charge >= 0.3 is 11.9 Å². The second-order valence-electron chi connectivity index (χ2n) is 22.6. The van der Waals surface area contributed by atoms with E-state index in [1.54, 1.807) is 0 Å². The van der Waals surface area contributed by atoms with Crippen molar-refractivity contribution < 1.29 is 24.2 Å². The fourth-order valence-electron chi connectivity index (χ4n) is 10.4. The monoisotopic (exact) mass is 1000 g/mol. The van der Waals surface area contributed by atoms with Crippen molar-refractivity contribution in [2.45, 2.75) is 386 Å². The largest absolute Gasteiger partial charge is 0.462 e. The number of unbranched alkanes of at least 4 members (excludes halogenated alkanes) is 52. The molecule has 1 N–H and O–H groups in total. The summed E-state index contributed by atoms with van der Waals surface area (Å²) in [6, 6.07) is 0. The molecule has 5 heteroatoms. The Morgan fingerprint density at radius 3 is 0.761 bits per heavy atom.